The van der Waals surface area contributed by atoms with E-state index in [9.17, 15) is 0 Å². The van der Waals surface area contributed by atoms with Gasteiger partial charge in [0, 0.05) is 37.8 Å². The van der Waals surface area contributed by atoms with Gasteiger partial charge in [-0.3, -0.25) is 9.80 Å². The highest BCUT2D eigenvalue weighted by molar-refractivity contribution is 4.93. The fourth-order valence-electron chi connectivity index (χ4n) is 2.67. The molecule has 0 saturated carbocycles. The maximum atomic E-state index is 5.82. The Labute approximate surface area is 87.2 Å². The molecule has 2 fully saturated rings. The Kier molecular flexibility index (Phi) is 2.82. The summed E-state index contributed by atoms with van der Waals surface area (Å²) in [5, 5.41) is 0. The molecule has 0 bridgehead atoms. The average Bonchev–Trinajstić information content (AvgIpc) is 2.64. The summed E-state index contributed by atoms with van der Waals surface area (Å²) in [7, 11) is 0. The standard InChI is InChI=1S/C11H23N3/c1-11(2,9-12)14-7-6-13-5-3-4-10(13)8-14/h10H,3-9,12H2,1-2H3. The van der Waals surface area contributed by atoms with Crippen molar-refractivity contribution in [1.29, 1.82) is 0 Å². The molecular formula is C11H23N3. The Balaban J connectivity index is 1.97. The monoisotopic (exact) mass is 197 g/mol. The van der Waals surface area contributed by atoms with E-state index in [2.05, 4.69) is 23.6 Å². The van der Waals surface area contributed by atoms with Gasteiger partial charge >= 0.3 is 0 Å². The summed E-state index contributed by atoms with van der Waals surface area (Å²) in [6, 6.07) is 0.814. The zero-order chi connectivity index (χ0) is 10.2. The fraction of sp³-hybridized carbons (Fsp3) is 1.00. The van der Waals surface area contributed by atoms with Crippen molar-refractivity contribution in [3.05, 3.63) is 0 Å². The van der Waals surface area contributed by atoms with E-state index in [1.807, 2.05) is 0 Å². The van der Waals surface area contributed by atoms with Gasteiger partial charge in [-0.15, -0.1) is 0 Å². The van der Waals surface area contributed by atoms with Crippen LogP contribution < -0.4 is 5.73 Å². The molecule has 1 atom stereocenters. The second kappa shape index (κ2) is 3.80. The molecular weight excluding hydrogens is 174 g/mol. The maximum Gasteiger partial charge on any atom is 0.0276 e. The zero-order valence-corrected chi connectivity index (χ0v) is 9.50. The van der Waals surface area contributed by atoms with Crippen LogP contribution in [0.1, 0.15) is 26.7 Å². The first-order valence-electron chi connectivity index (χ1n) is 5.83. The second-order valence-electron chi connectivity index (χ2n) is 5.29. The lowest BCUT2D eigenvalue weighted by molar-refractivity contribution is 0.0365. The molecule has 0 radical (unpaired) electrons. The first-order valence-corrected chi connectivity index (χ1v) is 5.83. The number of piperazine rings is 1. The summed E-state index contributed by atoms with van der Waals surface area (Å²) in [6.45, 7) is 10.3. The van der Waals surface area contributed by atoms with E-state index in [0.717, 1.165) is 12.6 Å². The SMILES string of the molecule is CC(C)(CN)N1CCN2CCCC2C1. The average molecular weight is 197 g/mol. The number of rotatable bonds is 2. The van der Waals surface area contributed by atoms with E-state index in [1.165, 1.54) is 39.0 Å². The minimum atomic E-state index is 0.189. The summed E-state index contributed by atoms with van der Waals surface area (Å²) < 4.78 is 0. The number of hydrogen-bond donors (Lipinski definition) is 1. The molecule has 0 amide bonds. The summed E-state index contributed by atoms with van der Waals surface area (Å²) in [6.07, 6.45) is 2.78. The second-order valence-corrected chi connectivity index (χ2v) is 5.29. The number of fused-ring (bicyclic) bond motifs is 1. The molecule has 2 aliphatic rings. The van der Waals surface area contributed by atoms with Crippen LogP contribution >= 0.6 is 0 Å². The molecule has 3 nitrogen and oxygen atoms in total. The van der Waals surface area contributed by atoms with E-state index in [-0.39, 0.29) is 5.54 Å². The molecule has 0 aromatic heterocycles. The first-order chi connectivity index (χ1) is 6.63. The summed E-state index contributed by atoms with van der Waals surface area (Å²) in [5.41, 5.74) is 6.01. The first kappa shape index (κ1) is 10.4. The van der Waals surface area contributed by atoms with Crippen molar-refractivity contribution < 1.29 is 0 Å². The van der Waals surface area contributed by atoms with Crippen LogP contribution in [-0.4, -0.2) is 54.1 Å². The van der Waals surface area contributed by atoms with Crippen molar-refractivity contribution in [2.45, 2.75) is 38.3 Å². The van der Waals surface area contributed by atoms with Gasteiger partial charge < -0.3 is 5.73 Å². The molecule has 2 aliphatic heterocycles. The van der Waals surface area contributed by atoms with Crippen LogP contribution in [-0.2, 0) is 0 Å². The quantitative estimate of drug-likeness (QED) is 0.700. The van der Waals surface area contributed by atoms with Crippen LogP contribution in [0, 0.1) is 0 Å². The molecule has 14 heavy (non-hydrogen) atoms. The van der Waals surface area contributed by atoms with Crippen LogP contribution in [0.15, 0.2) is 0 Å². The van der Waals surface area contributed by atoms with Gasteiger partial charge in [0.25, 0.3) is 0 Å². The van der Waals surface area contributed by atoms with E-state index in [1.54, 1.807) is 0 Å². The zero-order valence-electron chi connectivity index (χ0n) is 9.50. The summed E-state index contributed by atoms with van der Waals surface area (Å²) in [4.78, 5) is 5.21. The highest BCUT2D eigenvalue weighted by atomic mass is 15.3. The van der Waals surface area contributed by atoms with Crippen molar-refractivity contribution in [2.24, 2.45) is 5.73 Å². The molecule has 2 N–H and O–H groups in total. The van der Waals surface area contributed by atoms with E-state index < -0.39 is 0 Å². The van der Waals surface area contributed by atoms with Crippen molar-refractivity contribution in [3.8, 4) is 0 Å². The molecule has 0 aliphatic carbocycles. The Morgan fingerprint density at radius 2 is 2.07 bits per heavy atom. The van der Waals surface area contributed by atoms with Crippen LogP contribution in [0.2, 0.25) is 0 Å². The van der Waals surface area contributed by atoms with Gasteiger partial charge in [0.1, 0.15) is 0 Å². The molecule has 2 saturated heterocycles. The van der Waals surface area contributed by atoms with Gasteiger partial charge in [0.15, 0.2) is 0 Å². The predicted octanol–water partition coefficient (Wildman–Crippen LogP) is 0.504. The van der Waals surface area contributed by atoms with Gasteiger partial charge in [-0.05, 0) is 33.2 Å². The minimum absolute atomic E-state index is 0.189. The highest BCUT2D eigenvalue weighted by Gasteiger charge is 2.35. The van der Waals surface area contributed by atoms with Gasteiger partial charge in [-0.2, -0.15) is 0 Å². The van der Waals surface area contributed by atoms with E-state index in [4.69, 9.17) is 5.73 Å². The Morgan fingerprint density at radius 1 is 1.29 bits per heavy atom. The number of hydrogen-bond acceptors (Lipinski definition) is 3. The molecule has 2 rings (SSSR count). The largest absolute Gasteiger partial charge is 0.329 e. The smallest absolute Gasteiger partial charge is 0.0276 e. The lowest BCUT2D eigenvalue weighted by Gasteiger charge is -2.45. The molecule has 0 aromatic rings. The van der Waals surface area contributed by atoms with Gasteiger partial charge in [0.05, 0.1) is 0 Å². The van der Waals surface area contributed by atoms with Crippen molar-refractivity contribution in [1.82, 2.24) is 9.80 Å². The minimum Gasteiger partial charge on any atom is -0.329 e. The normalized spacial score (nSPS) is 30.6. The predicted molar refractivity (Wildman–Crippen MR) is 59.3 cm³/mol. The van der Waals surface area contributed by atoms with Crippen LogP contribution in [0.4, 0.5) is 0 Å². The highest BCUT2D eigenvalue weighted by Crippen LogP contribution is 2.25. The van der Waals surface area contributed by atoms with Crippen molar-refractivity contribution in [2.75, 3.05) is 32.7 Å². The Hall–Kier alpha value is -0.120. The molecule has 3 heteroatoms. The topological polar surface area (TPSA) is 32.5 Å². The third-order valence-corrected chi connectivity index (χ3v) is 3.94. The van der Waals surface area contributed by atoms with E-state index >= 15 is 0 Å². The maximum absolute atomic E-state index is 5.82. The lowest BCUT2D eigenvalue weighted by atomic mass is 10.00. The van der Waals surface area contributed by atoms with Gasteiger partial charge in [0.2, 0.25) is 0 Å². The summed E-state index contributed by atoms with van der Waals surface area (Å²) in [5.74, 6) is 0. The molecule has 82 valence electrons. The Bertz CT molecular complexity index is 203. The fourth-order valence-corrected chi connectivity index (χ4v) is 2.67. The summed E-state index contributed by atoms with van der Waals surface area (Å²) >= 11 is 0. The van der Waals surface area contributed by atoms with Crippen LogP contribution in [0.5, 0.6) is 0 Å². The number of nitrogens with zero attached hydrogens (tertiary/aromatic N) is 2. The molecule has 2 heterocycles. The molecule has 0 aromatic carbocycles. The van der Waals surface area contributed by atoms with Gasteiger partial charge in [-0.1, -0.05) is 0 Å². The Morgan fingerprint density at radius 3 is 2.79 bits per heavy atom. The van der Waals surface area contributed by atoms with Gasteiger partial charge in [-0.25, -0.2) is 0 Å². The van der Waals surface area contributed by atoms with Crippen molar-refractivity contribution >= 4 is 0 Å². The van der Waals surface area contributed by atoms with E-state index in [0.29, 0.717) is 0 Å². The third kappa shape index (κ3) is 1.81. The van der Waals surface area contributed by atoms with Crippen LogP contribution in [0.3, 0.4) is 0 Å². The number of nitrogens with two attached hydrogens (primary N) is 1. The lowest BCUT2D eigenvalue weighted by Crippen LogP contribution is -2.59. The molecule has 0 spiro atoms. The third-order valence-electron chi connectivity index (χ3n) is 3.94. The van der Waals surface area contributed by atoms with Crippen LogP contribution in [0.25, 0.3) is 0 Å². The van der Waals surface area contributed by atoms with Crippen molar-refractivity contribution in [3.63, 3.8) is 0 Å². The molecule has 1 unspecified atom stereocenters.